The molecule has 13 heavy (non-hydrogen) atoms. The van der Waals surface area contributed by atoms with Crippen molar-refractivity contribution < 1.29 is 19.7 Å². The number of aliphatic hydroxyl groups excluding tert-OH is 2. The molecule has 3 aliphatic rings. The van der Waals surface area contributed by atoms with E-state index >= 15 is 0 Å². The van der Waals surface area contributed by atoms with Gasteiger partial charge in [0.15, 0.2) is 12.6 Å². The molecule has 3 fully saturated rings. The second-order valence-electron chi connectivity index (χ2n) is 4.34. The second-order valence-corrected chi connectivity index (χ2v) is 4.34. The quantitative estimate of drug-likeness (QED) is 0.538. The lowest BCUT2D eigenvalue weighted by Crippen LogP contribution is -2.20. The van der Waals surface area contributed by atoms with Crippen LogP contribution >= 0.6 is 0 Å². The van der Waals surface area contributed by atoms with Crippen molar-refractivity contribution in [1.82, 2.24) is 0 Å². The summed E-state index contributed by atoms with van der Waals surface area (Å²) >= 11 is 0. The van der Waals surface area contributed by atoms with Crippen molar-refractivity contribution in [3.63, 3.8) is 0 Å². The average molecular weight is 186 g/mol. The van der Waals surface area contributed by atoms with Gasteiger partial charge in [-0.1, -0.05) is 0 Å². The molecule has 2 aliphatic heterocycles. The monoisotopic (exact) mass is 186 g/mol. The molecule has 1 aliphatic carbocycles. The van der Waals surface area contributed by atoms with Crippen LogP contribution in [-0.4, -0.2) is 36.0 Å². The number of fused-ring (bicyclic) bond motifs is 3. The topological polar surface area (TPSA) is 58.9 Å². The van der Waals surface area contributed by atoms with Crippen LogP contribution in [0.25, 0.3) is 0 Å². The molecule has 2 N–H and O–H groups in total. The number of ether oxygens (including phenoxy) is 2. The van der Waals surface area contributed by atoms with Crippen molar-refractivity contribution in [2.75, 3.05) is 13.2 Å². The third-order valence-corrected chi connectivity index (χ3v) is 3.85. The zero-order valence-corrected chi connectivity index (χ0v) is 7.30. The summed E-state index contributed by atoms with van der Waals surface area (Å²) in [6.07, 6.45) is -0.372. The molecule has 2 heterocycles. The maximum atomic E-state index is 9.50. The second kappa shape index (κ2) is 2.67. The third kappa shape index (κ3) is 1.00. The molecule has 1 saturated carbocycles. The maximum absolute atomic E-state index is 9.50. The summed E-state index contributed by atoms with van der Waals surface area (Å²) in [6, 6.07) is 0. The van der Waals surface area contributed by atoms with E-state index in [0.717, 1.165) is 6.42 Å². The lowest BCUT2D eigenvalue weighted by molar-refractivity contribution is -0.105. The smallest absolute Gasteiger partial charge is 0.157 e. The van der Waals surface area contributed by atoms with Gasteiger partial charge in [-0.25, -0.2) is 0 Å². The molecular weight excluding hydrogens is 172 g/mol. The van der Waals surface area contributed by atoms with Crippen molar-refractivity contribution in [1.29, 1.82) is 0 Å². The highest BCUT2D eigenvalue weighted by Gasteiger charge is 2.55. The highest BCUT2D eigenvalue weighted by Crippen LogP contribution is 2.51. The summed E-state index contributed by atoms with van der Waals surface area (Å²) in [5.74, 6) is 1.26. The van der Waals surface area contributed by atoms with E-state index in [0.29, 0.717) is 25.0 Å². The van der Waals surface area contributed by atoms with Crippen molar-refractivity contribution in [2.45, 2.75) is 19.0 Å². The lowest BCUT2D eigenvalue weighted by Gasteiger charge is -2.14. The van der Waals surface area contributed by atoms with Gasteiger partial charge >= 0.3 is 0 Å². The zero-order valence-electron chi connectivity index (χ0n) is 7.30. The van der Waals surface area contributed by atoms with Gasteiger partial charge in [0, 0.05) is 11.8 Å². The predicted octanol–water partition coefficient (Wildman–Crippen LogP) is -0.448. The summed E-state index contributed by atoms with van der Waals surface area (Å²) in [5, 5.41) is 19.0. The Kier molecular flexibility index (Phi) is 1.68. The van der Waals surface area contributed by atoms with Crippen LogP contribution in [0.1, 0.15) is 6.42 Å². The summed E-state index contributed by atoms with van der Waals surface area (Å²) in [7, 11) is 0. The summed E-state index contributed by atoms with van der Waals surface area (Å²) in [4.78, 5) is 0. The van der Waals surface area contributed by atoms with Gasteiger partial charge in [0.05, 0.1) is 13.2 Å². The van der Waals surface area contributed by atoms with Gasteiger partial charge in [-0.2, -0.15) is 0 Å². The molecule has 3 rings (SSSR count). The van der Waals surface area contributed by atoms with Crippen LogP contribution in [-0.2, 0) is 9.47 Å². The van der Waals surface area contributed by atoms with Crippen molar-refractivity contribution in [2.24, 2.45) is 23.7 Å². The van der Waals surface area contributed by atoms with Gasteiger partial charge in [-0.3, -0.25) is 0 Å². The Morgan fingerprint density at radius 1 is 0.769 bits per heavy atom. The van der Waals surface area contributed by atoms with Gasteiger partial charge < -0.3 is 19.7 Å². The molecule has 4 nitrogen and oxygen atoms in total. The van der Waals surface area contributed by atoms with Gasteiger partial charge in [-0.05, 0) is 18.3 Å². The fourth-order valence-corrected chi connectivity index (χ4v) is 3.12. The fraction of sp³-hybridized carbons (Fsp3) is 1.00. The zero-order chi connectivity index (χ0) is 9.00. The molecule has 6 atom stereocenters. The molecule has 0 spiro atoms. The van der Waals surface area contributed by atoms with Crippen LogP contribution in [0.2, 0.25) is 0 Å². The van der Waals surface area contributed by atoms with Crippen LogP contribution < -0.4 is 0 Å². The molecule has 0 aromatic heterocycles. The van der Waals surface area contributed by atoms with Crippen LogP contribution in [0, 0.1) is 23.7 Å². The normalized spacial score (nSPS) is 59.5. The summed E-state index contributed by atoms with van der Waals surface area (Å²) in [5.41, 5.74) is 0. The van der Waals surface area contributed by atoms with Crippen molar-refractivity contribution in [3.05, 3.63) is 0 Å². The molecule has 0 unspecified atom stereocenters. The first kappa shape index (κ1) is 8.17. The van der Waals surface area contributed by atoms with E-state index in [2.05, 4.69) is 0 Å². The lowest BCUT2D eigenvalue weighted by atomic mass is 9.90. The van der Waals surface area contributed by atoms with Gasteiger partial charge in [0.1, 0.15) is 0 Å². The van der Waals surface area contributed by atoms with Gasteiger partial charge in [0.25, 0.3) is 0 Å². The standard InChI is InChI=1S/C9H14O4/c10-8-4-1-5-7(3-13-9(5)11)6(4)2-12-8/h4-11H,1-3H2/t4-,5+,6-,7-,8-,9+/m1/s1. The minimum Gasteiger partial charge on any atom is -0.368 e. The van der Waals surface area contributed by atoms with E-state index in [-0.39, 0.29) is 11.8 Å². The molecule has 0 bridgehead atoms. The highest BCUT2D eigenvalue weighted by molar-refractivity contribution is 4.98. The molecule has 0 radical (unpaired) electrons. The molecular formula is C9H14O4. The number of aliphatic hydroxyl groups is 2. The fourth-order valence-electron chi connectivity index (χ4n) is 3.12. The Morgan fingerprint density at radius 2 is 1.23 bits per heavy atom. The van der Waals surface area contributed by atoms with E-state index < -0.39 is 12.6 Å². The highest BCUT2D eigenvalue weighted by atomic mass is 16.6. The number of rotatable bonds is 0. The first-order chi connectivity index (χ1) is 6.27. The van der Waals surface area contributed by atoms with E-state index in [4.69, 9.17) is 9.47 Å². The molecule has 2 saturated heterocycles. The predicted molar refractivity (Wildman–Crippen MR) is 42.5 cm³/mol. The Morgan fingerprint density at radius 3 is 1.69 bits per heavy atom. The van der Waals surface area contributed by atoms with E-state index in [1.807, 2.05) is 0 Å². The van der Waals surface area contributed by atoms with Crippen LogP contribution in [0.4, 0.5) is 0 Å². The Balaban J connectivity index is 1.83. The Hall–Kier alpha value is -0.160. The minimum atomic E-state index is -0.609. The Bertz CT molecular complexity index is 198. The van der Waals surface area contributed by atoms with E-state index in [1.165, 1.54) is 0 Å². The maximum Gasteiger partial charge on any atom is 0.157 e. The molecule has 74 valence electrons. The summed E-state index contributed by atoms with van der Waals surface area (Å²) < 4.78 is 10.4. The van der Waals surface area contributed by atoms with E-state index in [1.54, 1.807) is 0 Å². The van der Waals surface area contributed by atoms with Crippen LogP contribution in [0.15, 0.2) is 0 Å². The first-order valence-electron chi connectivity index (χ1n) is 4.86. The number of hydrogen-bond donors (Lipinski definition) is 2. The molecule has 4 heteroatoms. The van der Waals surface area contributed by atoms with Gasteiger partial charge in [-0.15, -0.1) is 0 Å². The first-order valence-corrected chi connectivity index (χ1v) is 4.86. The van der Waals surface area contributed by atoms with Crippen LogP contribution in [0.5, 0.6) is 0 Å². The minimum absolute atomic E-state index is 0.230. The largest absolute Gasteiger partial charge is 0.368 e. The van der Waals surface area contributed by atoms with Crippen molar-refractivity contribution in [3.8, 4) is 0 Å². The number of hydrogen-bond acceptors (Lipinski definition) is 4. The summed E-state index contributed by atoms with van der Waals surface area (Å²) in [6.45, 7) is 1.26. The van der Waals surface area contributed by atoms with E-state index in [9.17, 15) is 10.2 Å². The molecule has 0 aromatic rings. The van der Waals surface area contributed by atoms with Crippen LogP contribution in [0.3, 0.4) is 0 Å². The molecule has 0 amide bonds. The van der Waals surface area contributed by atoms with Gasteiger partial charge in [0.2, 0.25) is 0 Å². The third-order valence-electron chi connectivity index (χ3n) is 3.85. The molecule has 0 aromatic carbocycles. The van der Waals surface area contributed by atoms with Crippen molar-refractivity contribution >= 4 is 0 Å². The Labute approximate surface area is 76.5 Å². The SMILES string of the molecule is O[C@@H]1OC[C@H]2[C@@H]3CO[C@H](O)[C@H]3C[C@H]21. The average Bonchev–Trinajstić information content (AvgIpc) is 2.70.